The second-order valence-electron chi connectivity index (χ2n) is 7.22. The normalized spacial score (nSPS) is 13.0. The molecule has 1 aliphatic rings. The molecule has 0 atom stereocenters. The second kappa shape index (κ2) is 9.69. The number of carbonyl (C=O) groups is 3. The largest absolute Gasteiger partial charge is 0.356 e. The van der Waals surface area contributed by atoms with E-state index >= 15 is 0 Å². The van der Waals surface area contributed by atoms with E-state index in [1.54, 1.807) is 29.5 Å². The maximum absolute atomic E-state index is 13.1. The van der Waals surface area contributed by atoms with Crippen LogP contribution < -0.4 is 10.6 Å². The molecular weight excluding hydrogens is 386 g/mol. The Morgan fingerprint density at radius 3 is 2.72 bits per heavy atom. The van der Waals surface area contributed by atoms with Crippen molar-refractivity contribution >= 4 is 34.7 Å². The van der Waals surface area contributed by atoms with E-state index in [1.807, 2.05) is 18.7 Å². The summed E-state index contributed by atoms with van der Waals surface area (Å²) in [5.41, 5.74) is 3.18. The molecule has 29 heavy (non-hydrogen) atoms. The number of hydrogen-bond acceptors (Lipinski definition) is 4. The lowest BCUT2D eigenvalue weighted by atomic mass is 10.0. The molecule has 7 heteroatoms. The summed E-state index contributed by atoms with van der Waals surface area (Å²) in [6.07, 6.45) is 2.01. The third-order valence-corrected chi connectivity index (χ3v) is 6.11. The molecule has 1 aromatic heterocycles. The third-order valence-electron chi connectivity index (χ3n) is 5.08. The Morgan fingerprint density at radius 1 is 1.14 bits per heavy atom. The minimum absolute atomic E-state index is 0.0191. The van der Waals surface area contributed by atoms with Gasteiger partial charge in [0, 0.05) is 48.6 Å². The van der Waals surface area contributed by atoms with Crippen molar-refractivity contribution in [3.8, 4) is 0 Å². The Morgan fingerprint density at radius 2 is 1.93 bits per heavy atom. The van der Waals surface area contributed by atoms with Gasteiger partial charge in [0.1, 0.15) is 0 Å². The van der Waals surface area contributed by atoms with Gasteiger partial charge in [-0.3, -0.25) is 14.4 Å². The summed E-state index contributed by atoms with van der Waals surface area (Å²) >= 11 is 1.74. The molecule has 2 N–H and O–H groups in total. The van der Waals surface area contributed by atoms with E-state index in [-0.39, 0.29) is 30.6 Å². The first kappa shape index (κ1) is 21.0. The number of anilines is 1. The fourth-order valence-electron chi connectivity index (χ4n) is 3.39. The molecular formula is C22H27N3O3S. The minimum Gasteiger partial charge on any atom is -0.356 e. The van der Waals surface area contributed by atoms with Crippen LogP contribution in [0.4, 0.5) is 5.69 Å². The fraction of sp³-hybridized carbons (Fsp3) is 0.409. The lowest BCUT2D eigenvalue weighted by Crippen LogP contribution is -2.35. The predicted octanol–water partition coefficient (Wildman–Crippen LogP) is 3.50. The van der Waals surface area contributed by atoms with E-state index in [1.165, 1.54) is 10.4 Å². The van der Waals surface area contributed by atoms with Crippen LogP contribution in [0, 0.1) is 6.92 Å². The van der Waals surface area contributed by atoms with Crippen LogP contribution in [-0.4, -0.2) is 35.7 Å². The Bertz CT molecular complexity index is 906. The van der Waals surface area contributed by atoms with Crippen LogP contribution in [0.25, 0.3) is 0 Å². The highest BCUT2D eigenvalue weighted by atomic mass is 32.1. The van der Waals surface area contributed by atoms with E-state index < -0.39 is 0 Å². The number of nitrogens with one attached hydrogen (secondary N) is 2. The maximum atomic E-state index is 13.1. The van der Waals surface area contributed by atoms with Crippen LogP contribution in [0.15, 0.2) is 29.6 Å². The Labute approximate surface area is 175 Å². The third kappa shape index (κ3) is 5.23. The van der Waals surface area contributed by atoms with Crippen molar-refractivity contribution in [2.45, 2.75) is 46.1 Å². The van der Waals surface area contributed by atoms with Gasteiger partial charge in [-0.05, 0) is 54.5 Å². The molecule has 154 valence electrons. The number of fused-ring (bicyclic) bond motifs is 1. The summed E-state index contributed by atoms with van der Waals surface area (Å²) in [5.74, 6) is -0.375. The lowest BCUT2D eigenvalue weighted by molar-refractivity contribution is -0.124. The fourth-order valence-corrected chi connectivity index (χ4v) is 4.28. The predicted molar refractivity (Wildman–Crippen MR) is 115 cm³/mol. The Hall–Kier alpha value is -2.67. The van der Waals surface area contributed by atoms with Crippen molar-refractivity contribution in [1.29, 1.82) is 0 Å². The van der Waals surface area contributed by atoms with Crippen LogP contribution >= 0.6 is 11.3 Å². The lowest BCUT2D eigenvalue weighted by Gasteiger charge is -2.28. The highest BCUT2D eigenvalue weighted by molar-refractivity contribution is 7.10. The number of benzene rings is 1. The number of amides is 3. The molecule has 2 aromatic rings. The van der Waals surface area contributed by atoms with Gasteiger partial charge in [-0.2, -0.15) is 0 Å². The first-order valence-corrected chi connectivity index (χ1v) is 10.9. The van der Waals surface area contributed by atoms with Gasteiger partial charge in [-0.25, -0.2) is 0 Å². The molecule has 0 radical (unpaired) electrons. The number of thiophene rings is 1. The summed E-state index contributed by atoms with van der Waals surface area (Å²) in [5, 5.41) is 7.68. The average Bonchev–Trinajstić information content (AvgIpc) is 3.19. The van der Waals surface area contributed by atoms with Gasteiger partial charge < -0.3 is 15.5 Å². The minimum atomic E-state index is -0.231. The van der Waals surface area contributed by atoms with Gasteiger partial charge in [0.05, 0.1) is 0 Å². The first-order valence-electron chi connectivity index (χ1n) is 10.00. The zero-order valence-corrected chi connectivity index (χ0v) is 17.7. The highest BCUT2D eigenvalue weighted by Gasteiger charge is 2.24. The number of nitrogens with zero attached hydrogens (tertiary/aromatic N) is 1. The molecule has 2 heterocycles. The molecule has 0 unspecified atom stereocenters. The van der Waals surface area contributed by atoms with E-state index in [4.69, 9.17) is 0 Å². The number of hydrogen-bond donors (Lipinski definition) is 2. The van der Waals surface area contributed by atoms with Crippen molar-refractivity contribution in [2.75, 3.05) is 18.4 Å². The molecule has 1 aliphatic heterocycles. The van der Waals surface area contributed by atoms with Gasteiger partial charge in [0.2, 0.25) is 11.8 Å². The quantitative estimate of drug-likeness (QED) is 0.729. The molecule has 1 aromatic carbocycles. The van der Waals surface area contributed by atoms with Gasteiger partial charge >= 0.3 is 0 Å². The van der Waals surface area contributed by atoms with E-state index in [9.17, 15) is 14.4 Å². The van der Waals surface area contributed by atoms with Crippen LogP contribution in [0.1, 0.15) is 52.5 Å². The average molecular weight is 414 g/mol. The molecule has 0 bridgehead atoms. The van der Waals surface area contributed by atoms with E-state index in [0.717, 1.165) is 18.4 Å². The van der Waals surface area contributed by atoms with Crippen LogP contribution in [0.3, 0.4) is 0 Å². The van der Waals surface area contributed by atoms with Crippen molar-refractivity contribution in [1.82, 2.24) is 10.2 Å². The number of carbonyl (C=O) groups excluding carboxylic acids is 3. The monoisotopic (exact) mass is 413 g/mol. The first-order chi connectivity index (χ1) is 14.0. The SMILES string of the molecule is CCCNC(=O)CCC(=O)Nc1cccc(C(=O)N2CCc3sccc3C2)c1C. The smallest absolute Gasteiger partial charge is 0.254 e. The molecule has 0 saturated heterocycles. The molecule has 0 aliphatic carbocycles. The molecule has 3 rings (SSSR count). The molecule has 3 amide bonds. The Kier molecular flexibility index (Phi) is 7.04. The summed E-state index contributed by atoms with van der Waals surface area (Å²) in [6.45, 7) is 5.77. The summed E-state index contributed by atoms with van der Waals surface area (Å²) in [4.78, 5) is 40.2. The molecule has 0 fully saturated rings. The van der Waals surface area contributed by atoms with E-state index in [0.29, 0.717) is 30.9 Å². The Balaban J connectivity index is 1.62. The zero-order chi connectivity index (χ0) is 20.8. The van der Waals surface area contributed by atoms with Crippen LogP contribution in [0.5, 0.6) is 0 Å². The summed E-state index contributed by atoms with van der Waals surface area (Å²) in [7, 11) is 0. The second-order valence-corrected chi connectivity index (χ2v) is 8.22. The molecule has 0 saturated carbocycles. The molecule has 0 spiro atoms. The van der Waals surface area contributed by atoms with Crippen molar-refractivity contribution in [3.05, 3.63) is 51.2 Å². The van der Waals surface area contributed by atoms with Crippen LogP contribution in [-0.2, 0) is 22.6 Å². The van der Waals surface area contributed by atoms with E-state index in [2.05, 4.69) is 22.1 Å². The molecule has 6 nitrogen and oxygen atoms in total. The van der Waals surface area contributed by atoms with Crippen LogP contribution in [0.2, 0.25) is 0 Å². The van der Waals surface area contributed by atoms with Gasteiger partial charge in [-0.15, -0.1) is 11.3 Å². The van der Waals surface area contributed by atoms with Crippen molar-refractivity contribution in [3.63, 3.8) is 0 Å². The topological polar surface area (TPSA) is 78.5 Å². The van der Waals surface area contributed by atoms with Gasteiger partial charge in [0.15, 0.2) is 0 Å². The summed E-state index contributed by atoms with van der Waals surface area (Å²) in [6, 6.07) is 7.45. The number of rotatable bonds is 7. The summed E-state index contributed by atoms with van der Waals surface area (Å²) < 4.78 is 0. The standard InChI is InChI=1S/C22H27N3O3S/c1-3-11-23-20(26)7-8-21(27)24-18-6-4-5-17(15(18)2)22(28)25-12-9-19-16(14-25)10-13-29-19/h4-6,10,13H,3,7-9,11-12,14H2,1-2H3,(H,23,26)(H,24,27). The van der Waals surface area contributed by atoms with Gasteiger partial charge in [0.25, 0.3) is 5.91 Å². The van der Waals surface area contributed by atoms with Crippen molar-refractivity contribution < 1.29 is 14.4 Å². The maximum Gasteiger partial charge on any atom is 0.254 e. The zero-order valence-electron chi connectivity index (χ0n) is 16.9. The van der Waals surface area contributed by atoms with Crippen molar-refractivity contribution in [2.24, 2.45) is 0 Å². The van der Waals surface area contributed by atoms with Gasteiger partial charge in [-0.1, -0.05) is 13.0 Å². The highest BCUT2D eigenvalue weighted by Crippen LogP contribution is 2.27.